The minimum atomic E-state index is 0.270. The molecule has 0 atom stereocenters. The molecule has 0 N–H and O–H groups in total. The van der Waals surface area contributed by atoms with Gasteiger partial charge in [-0.25, -0.2) is 0 Å². The Morgan fingerprint density at radius 1 is 1.04 bits per heavy atom. The number of rotatable bonds is 4. The first-order chi connectivity index (χ1) is 12.2. The SMILES string of the molecule is COc1cc2c(cc1OC)C(Cc1cc3c(cc1Br)OCO3)=NCC2. The fraction of sp³-hybridized carbons (Fsp3) is 0.316. The van der Waals surface area contributed by atoms with E-state index in [2.05, 4.69) is 22.0 Å². The normalized spacial score (nSPS) is 14.8. The van der Waals surface area contributed by atoms with Gasteiger partial charge in [0.2, 0.25) is 6.79 Å². The summed E-state index contributed by atoms with van der Waals surface area (Å²) in [6, 6.07) is 8.05. The van der Waals surface area contributed by atoms with E-state index in [1.54, 1.807) is 14.2 Å². The Morgan fingerprint density at radius 2 is 1.76 bits per heavy atom. The maximum Gasteiger partial charge on any atom is 0.231 e. The van der Waals surface area contributed by atoms with Crippen molar-refractivity contribution in [2.24, 2.45) is 4.99 Å². The fourth-order valence-corrected chi connectivity index (χ4v) is 3.68. The molecule has 0 fully saturated rings. The number of hydrogen-bond donors (Lipinski definition) is 0. The van der Waals surface area contributed by atoms with Gasteiger partial charge >= 0.3 is 0 Å². The summed E-state index contributed by atoms with van der Waals surface area (Å²) in [5, 5.41) is 0. The minimum absolute atomic E-state index is 0.270. The van der Waals surface area contributed by atoms with E-state index < -0.39 is 0 Å². The first kappa shape index (κ1) is 16.3. The van der Waals surface area contributed by atoms with E-state index in [9.17, 15) is 0 Å². The molecule has 5 nitrogen and oxygen atoms in total. The number of hydrogen-bond acceptors (Lipinski definition) is 5. The lowest BCUT2D eigenvalue weighted by atomic mass is 9.93. The van der Waals surface area contributed by atoms with Gasteiger partial charge in [-0.1, -0.05) is 15.9 Å². The molecule has 0 amide bonds. The maximum atomic E-state index is 5.50. The third-order valence-electron chi connectivity index (χ3n) is 4.50. The van der Waals surface area contributed by atoms with Gasteiger partial charge < -0.3 is 18.9 Å². The van der Waals surface area contributed by atoms with Gasteiger partial charge in [-0.3, -0.25) is 4.99 Å². The minimum Gasteiger partial charge on any atom is -0.493 e. The van der Waals surface area contributed by atoms with Gasteiger partial charge in [0, 0.05) is 28.7 Å². The van der Waals surface area contributed by atoms with Crippen LogP contribution in [0.1, 0.15) is 16.7 Å². The van der Waals surface area contributed by atoms with Crippen LogP contribution in [0.5, 0.6) is 23.0 Å². The second-order valence-corrected chi connectivity index (χ2v) is 6.77. The highest BCUT2D eigenvalue weighted by molar-refractivity contribution is 9.10. The molecule has 0 unspecified atom stereocenters. The van der Waals surface area contributed by atoms with Crippen LogP contribution in [0.4, 0.5) is 0 Å². The third kappa shape index (κ3) is 2.95. The van der Waals surface area contributed by atoms with Gasteiger partial charge in [0.15, 0.2) is 23.0 Å². The molecule has 6 heteroatoms. The molecule has 0 aromatic heterocycles. The second-order valence-electron chi connectivity index (χ2n) is 5.92. The summed E-state index contributed by atoms with van der Waals surface area (Å²) in [7, 11) is 3.31. The number of halogens is 1. The van der Waals surface area contributed by atoms with Crippen LogP contribution in [0.15, 0.2) is 33.7 Å². The highest BCUT2D eigenvalue weighted by Crippen LogP contribution is 2.38. The summed E-state index contributed by atoms with van der Waals surface area (Å²) >= 11 is 3.63. The average molecular weight is 404 g/mol. The van der Waals surface area contributed by atoms with Crippen molar-refractivity contribution in [3.05, 3.63) is 45.4 Å². The van der Waals surface area contributed by atoms with Crippen LogP contribution in [-0.4, -0.2) is 33.3 Å². The van der Waals surface area contributed by atoms with Crippen molar-refractivity contribution in [1.82, 2.24) is 0 Å². The van der Waals surface area contributed by atoms with Crippen LogP contribution in [0.25, 0.3) is 0 Å². The van der Waals surface area contributed by atoms with Crippen molar-refractivity contribution < 1.29 is 18.9 Å². The van der Waals surface area contributed by atoms with E-state index in [0.717, 1.165) is 57.3 Å². The predicted octanol–water partition coefficient (Wildman–Crippen LogP) is 3.78. The number of nitrogens with zero attached hydrogens (tertiary/aromatic N) is 1. The molecule has 0 aliphatic carbocycles. The van der Waals surface area contributed by atoms with Gasteiger partial charge in [0.1, 0.15) is 0 Å². The summed E-state index contributed by atoms with van der Waals surface area (Å²) < 4.78 is 22.8. The topological polar surface area (TPSA) is 49.3 Å². The molecule has 25 heavy (non-hydrogen) atoms. The van der Waals surface area contributed by atoms with E-state index in [4.69, 9.17) is 23.9 Å². The van der Waals surface area contributed by atoms with Gasteiger partial charge in [0.05, 0.1) is 14.2 Å². The summed E-state index contributed by atoms with van der Waals surface area (Å²) in [4.78, 5) is 4.76. The van der Waals surface area contributed by atoms with Crippen molar-refractivity contribution in [2.45, 2.75) is 12.8 Å². The van der Waals surface area contributed by atoms with Crippen LogP contribution in [0.3, 0.4) is 0 Å². The molecule has 2 heterocycles. The van der Waals surface area contributed by atoms with Gasteiger partial charge in [-0.05, 0) is 41.8 Å². The molecule has 130 valence electrons. The third-order valence-corrected chi connectivity index (χ3v) is 5.24. The molecule has 4 rings (SSSR count). The van der Waals surface area contributed by atoms with E-state index >= 15 is 0 Å². The second kappa shape index (κ2) is 6.59. The lowest BCUT2D eigenvalue weighted by Gasteiger charge is -2.20. The molecule has 2 aliphatic heterocycles. The summed E-state index contributed by atoms with van der Waals surface area (Å²) in [6.07, 6.45) is 1.61. The smallest absolute Gasteiger partial charge is 0.231 e. The summed E-state index contributed by atoms with van der Waals surface area (Å²) in [6.45, 7) is 1.05. The van der Waals surface area contributed by atoms with Gasteiger partial charge in [0.25, 0.3) is 0 Å². The molecule has 2 aromatic carbocycles. The van der Waals surface area contributed by atoms with Crippen molar-refractivity contribution >= 4 is 21.6 Å². The van der Waals surface area contributed by atoms with Crippen LogP contribution in [0.2, 0.25) is 0 Å². The van der Waals surface area contributed by atoms with Crippen molar-refractivity contribution in [2.75, 3.05) is 27.6 Å². The van der Waals surface area contributed by atoms with Gasteiger partial charge in [-0.2, -0.15) is 0 Å². The Bertz CT molecular complexity index is 863. The van der Waals surface area contributed by atoms with E-state index in [1.807, 2.05) is 18.2 Å². The number of aliphatic imine (C=N–C) groups is 1. The Morgan fingerprint density at radius 3 is 2.52 bits per heavy atom. The Kier molecular flexibility index (Phi) is 4.29. The van der Waals surface area contributed by atoms with Crippen LogP contribution < -0.4 is 18.9 Å². The monoisotopic (exact) mass is 403 g/mol. The van der Waals surface area contributed by atoms with Crippen LogP contribution in [0, 0.1) is 0 Å². The highest BCUT2D eigenvalue weighted by Gasteiger charge is 2.21. The molecule has 0 saturated carbocycles. The number of ether oxygens (including phenoxy) is 4. The van der Waals surface area contributed by atoms with Crippen molar-refractivity contribution in [3.8, 4) is 23.0 Å². The fourth-order valence-electron chi connectivity index (χ4n) is 3.22. The quantitative estimate of drug-likeness (QED) is 0.779. The molecule has 0 bridgehead atoms. The van der Waals surface area contributed by atoms with Gasteiger partial charge in [-0.15, -0.1) is 0 Å². The summed E-state index contributed by atoms with van der Waals surface area (Å²) in [5.41, 5.74) is 4.51. The lowest BCUT2D eigenvalue weighted by Crippen LogP contribution is -2.16. The molecule has 0 radical (unpaired) electrons. The van der Waals surface area contributed by atoms with E-state index in [0.29, 0.717) is 6.42 Å². The first-order valence-corrected chi connectivity index (χ1v) is 8.85. The molecular formula is C19H18BrNO4. The molecular weight excluding hydrogens is 386 g/mol. The first-order valence-electron chi connectivity index (χ1n) is 8.06. The van der Waals surface area contributed by atoms with Crippen LogP contribution >= 0.6 is 15.9 Å². The molecule has 0 saturated heterocycles. The zero-order valence-corrected chi connectivity index (χ0v) is 15.7. The number of fused-ring (bicyclic) bond motifs is 2. The zero-order chi connectivity index (χ0) is 17.4. The Hall–Kier alpha value is -2.21. The Balaban J connectivity index is 1.70. The highest BCUT2D eigenvalue weighted by atomic mass is 79.9. The van der Waals surface area contributed by atoms with Crippen molar-refractivity contribution in [3.63, 3.8) is 0 Å². The maximum absolute atomic E-state index is 5.50. The summed E-state index contributed by atoms with van der Waals surface area (Å²) in [5.74, 6) is 3.03. The molecule has 0 spiro atoms. The standard InChI is InChI=1S/C19H18BrNO4/c1-22-16-6-11-3-4-21-15(13(11)8-17(16)23-2)5-12-7-18-19(9-14(12)20)25-10-24-18/h6-9H,3-5,10H2,1-2H3. The Labute approximate surface area is 154 Å². The van der Waals surface area contributed by atoms with Crippen LogP contribution in [-0.2, 0) is 12.8 Å². The zero-order valence-electron chi connectivity index (χ0n) is 14.1. The predicted molar refractivity (Wildman–Crippen MR) is 98.6 cm³/mol. The molecule has 2 aromatic rings. The largest absolute Gasteiger partial charge is 0.493 e. The van der Waals surface area contributed by atoms with Crippen molar-refractivity contribution in [1.29, 1.82) is 0 Å². The lowest BCUT2D eigenvalue weighted by molar-refractivity contribution is 0.174. The van der Waals surface area contributed by atoms with E-state index in [1.165, 1.54) is 5.56 Å². The van der Waals surface area contributed by atoms with E-state index in [-0.39, 0.29) is 6.79 Å². The molecule has 2 aliphatic rings. The number of methoxy groups -OCH3 is 2. The number of benzene rings is 2. The average Bonchev–Trinajstić information content (AvgIpc) is 3.08.